The number of fused-ring (bicyclic) bond motifs is 1. The summed E-state index contributed by atoms with van der Waals surface area (Å²) in [4.78, 5) is 30.1. The van der Waals surface area contributed by atoms with Gasteiger partial charge in [-0.1, -0.05) is 0 Å². The van der Waals surface area contributed by atoms with Crippen LogP contribution in [0.15, 0.2) is 4.42 Å². The third-order valence-corrected chi connectivity index (χ3v) is 4.25. The standard InChI is InChI=1S/C16H23N3O4/c1-8-13(22-9(2)17-8)14(20)18-12-10-6-19(7-11(10)12)15(21)23-16(3,4)5/h10-12H,6-7H2,1-5H3,(H,18,20)/t10-,11+,12?. The molecule has 0 spiro atoms. The minimum Gasteiger partial charge on any atom is -0.444 e. The number of piperidine rings is 1. The lowest BCUT2D eigenvalue weighted by Gasteiger charge is -2.26. The van der Waals surface area contributed by atoms with Gasteiger partial charge in [0.15, 0.2) is 5.89 Å². The van der Waals surface area contributed by atoms with Crippen molar-refractivity contribution in [2.24, 2.45) is 11.8 Å². The maximum Gasteiger partial charge on any atom is 0.410 e. The lowest BCUT2D eigenvalue weighted by atomic mass is 10.2. The first kappa shape index (κ1) is 15.8. The van der Waals surface area contributed by atoms with Crippen LogP contribution in [0.1, 0.15) is 42.9 Å². The van der Waals surface area contributed by atoms with Gasteiger partial charge < -0.3 is 19.4 Å². The highest BCUT2D eigenvalue weighted by Crippen LogP contribution is 2.45. The van der Waals surface area contributed by atoms with E-state index >= 15 is 0 Å². The van der Waals surface area contributed by atoms with Crippen molar-refractivity contribution in [2.75, 3.05) is 13.1 Å². The molecule has 126 valence electrons. The monoisotopic (exact) mass is 321 g/mol. The van der Waals surface area contributed by atoms with Crippen LogP contribution >= 0.6 is 0 Å². The highest BCUT2D eigenvalue weighted by Gasteiger charge is 2.58. The summed E-state index contributed by atoms with van der Waals surface area (Å²) in [6.07, 6.45) is -0.281. The summed E-state index contributed by atoms with van der Waals surface area (Å²) in [5, 5.41) is 2.98. The summed E-state index contributed by atoms with van der Waals surface area (Å²) < 4.78 is 10.7. The van der Waals surface area contributed by atoms with E-state index < -0.39 is 5.60 Å². The first-order valence-corrected chi connectivity index (χ1v) is 7.88. The van der Waals surface area contributed by atoms with Gasteiger partial charge in [0, 0.05) is 37.9 Å². The second kappa shape index (κ2) is 5.25. The number of amides is 2. The number of aryl methyl sites for hydroxylation is 2. The zero-order chi connectivity index (χ0) is 16.9. The van der Waals surface area contributed by atoms with Crippen molar-refractivity contribution < 1.29 is 18.7 Å². The predicted molar refractivity (Wildman–Crippen MR) is 82.0 cm³/mol. The van der Waals surface area contributed by atoms with Crippen LogP contribution in [0, 0.1) is 25.7 Å². The molecule has 0 bridgehead atoms. The molecule has 1 unspecified atom stereocenters. The van der Waals surface area contributed by atoms with Gasteiger partial charge in [0.1, 0.15) is 5.60 Å². The van der Waals surface area contributed by atoms with Crippen LogP contribution in [-0.2, 0) is 4.74 Å². The lowest BCUT2D eigenvalue weighted by Crippen LogP contribution is -2.40. The Hall–Kier alpha value is -2.05. The number of carbonyl (C=O) groups excluding carboxylic acids is 2. The smallest absolute Gasteiger partial charge is 0.410 e. The van der Waals surface area contributed by atoms with Crippen LogP contribution in [0.25, 0.3) is 0 Å². The molecule has 2 heterocycles. The molecule has 1 N–H and O–H groups in total. The van der Waals surface area contributed by atoms with E-state index in [4.69, 9.17) is 9.15 Å². The van der Waals surface area contributed by atoms with Crippen molar-refractivity contribution in [1.29, 1.82) is 0 Å². The SMILES string of the molecule is Cc1nc(C)c(C(=O)NC2[C@H]3CN(C(=O)OC(C)(C)C)C[C@@H]23)o1. The van der Waals surface area contributed by atoms with Crippen LogP contribution in [0.3, 0.4) is 0 Å². The topological polar surface area (TPSA) is 84.7 Å². The van der Waals surface area contributed by atoms with Gasteiger partial charge in [0.25, 0.3) is 5.91 Å². The number of aromatic nitrogens is 1. The average molecular weight is 321 g/mol. The molecule has 23 heavy (non-hydrogen) atoms. The fourth-order valence-corrected chi connectivity index (χ4v) is 3.17. The second-order valence-corrected chi connectivity index (χ2v) is 7.36. The van der Waals surface area contributed by atoms with E-state index in [2.05, 4.69) is 10.3 Å². The highest BCUT2D eigenvalue weighted by atomic mass is 16.6. The predicted octanol–water partition coefficient (Wildman–Crippen LogP) is 1.89. The number of carbonyl (C=O) groups is 2. The van der Waals surface area contributed by atoms with E-state index in [1.165, 1.54) is 0 Å². The van der Waals surface area contributed by atoms with E-state index in [0.29, 0.717) is 36.5 Å². The minimum atomic E-state index is -0.487. The third kappa shape index (κ3) is 3.18. The molecule has 0 aromatic carbocycles. The van der Waals surface area contributed by atoms with Gasteiger partial charge in [0.2, 0.25) is 5.76 Å². The van der Waals surface area contributed by atoms with E-state index in [1.54, 1.807) is 18.7 Å². The molecule has 3 rings (SSSR count). The van der Waals surface area contributed by atoms with Crippen molar-refractivity contribution in [1.82, 2.24) is 15.2 Å². The van der Waals surface area contributed by atoms with Crippen molar-refractivity contribution in [2.45, 2.75) is 46.3 Å². The maximum absolute atomic E-state index is 12.2. The van der Waals surface area contributed by atoms with Gasteiger partial charge in [-0.15, -0.1) is 0 Å². The zero-order valence-corrected chi connectivity index (χ0v) is 14.2. The van der Waals surface area contributed by atoms with E-state index in [1.807, 2.05) is 20.8 Å². The molecule has 1 aliphatic carbocycles. The summed E-state index contributed by atoms with van der Waals surface area (Å²) in [6.45, 7) is 10.3. The summed E-state index contributed by atoms with van der Waals surface area (Å²) >= 11 is 0. The van der Waals surface area contributed by atoms with E-state index in [9.17, 15) is 9.59 Å². The molecule has 3 atom stereocenters. The Morgan fingerprint density at radius 1 is 1.26 bits per heavy atom. The number of likely N-dealkylation sites (tertiary alicyclic amines) is 1. The molecule has 2 amide bonds. The van der Waals surface area contributed by atoms with Crippen molar-refractivity contribution in [3.63, 3.8) is 0 Å². The number of oxazole rings is 1. The molecular formula is C16H23N3O4. The summed E-state index contributed by atoms with van der Waals surface area (Å²) in [5.41, 5.74) is 0.111. The van der Waals surface area contributed by atoms with Gasteiger partial charge in [-0.3, -0.25) is 4.79 Å². The molecule has 1 saturated heterocycles. The maximum atomic E-state index is 12.2. The molecule has 7 nitrogen and oxygen atoms in total. The summed E-state index contributed by atoms with van der Waals surface area (Å²) in [5.74, 6) is 1.13. The Kier molecular flexibility index (Phi) is 3.61. The fraction of sp³-hybridized carbons (Fsp3) is 0.688. The number of ether oxygens (including phenoxy) is 1. The van der Waals surface area contributed by atoms with Crippen molar-refractivity contribution in [3.8, 4) is 0 Å². The molecule has 1 aliphatic heterocycles. The van der Waals surface area contributed by atoms with Crippen molar-refractivity contribution >= 4 is 12.0 Å². The first-order valence-electron chi connectivity index (χ1n) is 7.88. The zero-order valence-electron chi connectivity index (χ0n) is 14.2. The Labute approximate surface area is 135 Å². The molecule has 1 aromatic heterocycles. The van der Waals surface area contributed by atoms with Gasteiger partial charge in [0.05, 0.1) is 5.69 Å². The van der Waals surface area contributed by atoms with Crippen LogP contribution in [0.5, 0.6) is 0 Å². The van der Waals surface area contributed by atoms with Crippen LogP contribution in [0.2, 0.25) is 0 Å². The number of nitrogens with one attached hydrogen (secondary N) is 1. The van der Waals surface area contributed by atoms with Crippen LogP contribution in [0.4, 0.5) is 4.79 Å². The molecular weight excluding hydrogens is 298 g/mol. The molecule has 1 saturated carbocycles. The number of hydrogen-bond donors (Lipinski definition) is 1. The Bertz CT molecular complexity index is 634. The van der Waals surface area contributed by atoms with Crippen molar-refractivity contribution in [3.05, 3.63) is 17.3 Å². The van der Waals surface area contributed by atoms with Gasteiger partial charge in [-0.2, -0.15) is 0 Å². The minimum absolute atomic E-state index is 0.103. The largest absolute Gasteiger partial charge is 0.444 e. The van der Waals surface area contributed by atoms with Gasteiger partial charge in [-0.05, 0) is 27.7 Å². The number of hydrogen-bond acceptors (Lipinski definition) is 5. The third-order valence-electron chi connectivity index (χ3n) is 4.25. The molecule has 2 fully saturated rings. The summed E-state index contributed by atoms with van der Waals surface area (Å²) in [7, 11) is 0. The molecule has 2 aliphatic rings. The highest BCUT2D eigenvalue weighted by molar-refractivity contribution is 5.93. The van der Waals surface area contributed by atoms with E-state index in [0.717, 1.165) is 0 Å². The molecule has 7 heteroatoms. The lowest BCUT2D eigenvalue weighted by molar-refractivity contribution is 0.0270. The second-order valence-electron chi connectivity index (χ2n) is 7.36. The Morgan fingerprint density at radius 2 is 1.87 bits per heavy atom. The van der Waals surface area contributed by atoms with Gasteiger partial charge >= 0.3 is 6.09 Å². The Balaban J connectivity index is 1.52. The van der Waals surface area contributed by atoms with Crippen LogP contribution < -0.4 is 5.32 Å². The normalized spacial score (nSPS) is 26.0. The average Bonchev–Trinajstić information content (AvgIpc) is 2.77. The number of rotatable bonds is 2. The molecule has 1 aromatic rings. The van der Waals surface area contributed by atoms with Gasteiger partial charge in [-0.25, -0.2) is 9.78 Å². The Morgan fingerprint density at radius 3 is 2.35 bits per heavy atom. The quantitative estimate of drug-likeness (QED) is 0.899. The molecule has 0 radical (unpaired) electrons. The van der Waals surface area contributed by atoms with E-state index in [-0.39, 0.29) is 23.8 Å². The number of nitrogens with zero attached hydrogens (tertiary/aromatic N) is 2. The van der Waals surface area contributed by atoms with Crippen LogP contribution in [-0.4, -0.2) is 46.6 Å². The first-order chi connectivity index (χ1) is 10.7. The summed E-state index contributed by atoms with van der Waals surface area (Å²) in [6, 6.07) is 0.103. The fourth-order valence-electron chi connectivity index (χ4n) is 3.17.